The molecule has 1 N–H and O–H groups in total. The van der Waals surface area contributed by atoms with Crippen LogP contribution in [-0.2, 0) is 15.5 Å². The summed E-state index contributed by atoms with van der Waals surface area (Å²) in [4.78, 5) is -0.493. The lowest BCUT2D eigenvalue weighted by Gasteiger charge is -2.35. The second-order valence-electron chi connectivity index (χ2n) is 3.90. The van der Waals surface area contributed by atoms with Gasteiger partial charge in [0.2, 0.25) is 9.84 Å². The van der Waals surface area contributed by atoms with Gasteiger partial charge in [0.1, 0.15) is 0 Å². The third kappa shape index (κ3) is 2.04. The highest BCUT2D eigenvalue weighted by atomic mass is 32.2. The van der Waals surface area contributed by atoms with E-state index in [1.807, 2.05) is 0 Å². The topological polar surface area (TPSA) is 46.2 Å². The van der Waals surface area contributed by atoms with Crippen LogP contribution in [0.15, 0.2) is 29.2 Å². The van der Waals surface area contributed by atoms with E-state index < -0.39 is 26.2 Å². The van der Waals surface area contributed by atoms with Crippen molar-refractivity contribution in [2.75, 3.05) is 13.1 Å². The largest absolute Gasteiger partial charge is 0.341 e. The number of hydrogen-bond acceptors (Lipinski definition) is 3. The Morgan fingerprint density at radius 3 is 2.06 bits per heavy atom. The normalized spacial score (nSPS) is 19.1. The molecule has 2 rings (SSSR count). The van der Waals surface area contributed by atoms with Crippen molar-refractivity contribution in [3.05, 3.63) is 29.8 Å². The van der Waals surface area contributed by atoms with E-state index in [1.54, 1.807) is 0 Å². The number of benzene rings is 1. The van der Waals surface area contributed by atoms with Crippen molar-refractivity contribution in [3.63, 3.8) is 0 Å². The summed E-state index contributed by atoms with van der Waals surface area (Å²) in [5, 5.41) is 2.75. The van der Waals surface area contributed by atoms with E-state index in [9.17, 15) is 21.6 Å². The summed E-state index contributed by atoms with van der Waals surface area (Å²) in [7, 11) is -4.60. The van der Waals surface area contributed by atoms with E-state index in [2.05, 4.69) is 5.32 Å². The van der Waals surface area contributed by atoms with Crippen LogP contribution in [-0.4, -0.2) is 27.3 Å². The van der Waals surface area contributed by atoms with E-state index in [1.165, 1.54) is 12.1 Å². The molecule has 0 amide bonds. The zero-order valence-electron chi connectivity index (χ0n) is 8.66. The molecule has 0 atom stereocenters. The maximum absolute atomic E-state index is 13.9. The van der Waals surface area contributed by atoms with Crippen LogP contribution in [0.5, 0.6) is 0 Å². The summed E-state index contributed by atoms with van der Waals surface area (Å²) in [6.45, 7) is 0.294. The molecule has 1 fully saturated rings. The molecule has 1 saturated heterocycles. The summed E-state index contributed by atoms with van der Waals surface area (Å²) >= 11 is 0. The summed E-state index contributed by atoms with van der Waals surface area (Å²) < 4.78 is 60.6. The summed E-state index contributed by atoms with van der Waals surface area (Å²) in [6, 6.07) is 4.49. The van der Waals surface area contributed by atoms with Crippen LogP contribution in [0.3, 0.4) is 0 Å². The molecule has 0 radical (unpaired) electrons. The van der Waals surface area contributed by atoms with Crippen LogP contribution in [0.2, 0.25) is 0 Å². The van der Waals surface area contributed by atoms with E-state index in [4.69, 9.17) is 0 Å². The SMILES string of the molecule is O=S(=O)(c1ccc(C2(F)CNC2)cc1)C(F)F. The first kappa shape index (κ1) is 12.4. The van der Waals surface area contributed by atoms with Gasteiger partial charge in [0.05, 0.1) is 4.90 Å². The molecule has 0 aromatic heterocycles. The number of nitrogens with one attached hydrogen (secondary N) is 1. The lowest BCUT2D eigenvalue weighted by molar-refractivity contribution is 0.0891. The van der Waals surface area contributed by atoms with Crippen LogP contribution in [0, 0.1) is 0 Å². The second kappa shape index (κ2) is 3.99. The molecular formula is C10H10F3NO2S. The van der Waals surface area contributed by atoms with Gasteiger partial charge in [-0.3, -0.25) is 0 Å². The van der Waals surface area contributed by atoms with Gasteiger partial charge in [0.25, 0.3) is 0 Å². The molecule has 17 heavy (non-hydrogen) atoms. The first-order valence-electron chi connectivity index (χ1n) is 4.88. The number of alkyl halides is 3. The predicted molar refractivity (Wildman–Crippen MR) is 55.3 cm³/mol. The van der Waals surface area contributed by atoms with Crippen LogP contribution >= 0.6 is 0 Å². The van der Waals surface area contributed by atoms with Gasteiger partial charge in [-0.05, 0) is 17.7 Å². The van der Waals surface area contributed by atoms with E-state index in [0.717, 1.165) is 12.1 Å². The van der Waals surface area contributed by atoms with Gasteiger partial charge in [-0.15, -0.1) is 0 Å². The van der Waals surface area contributed by atoms with Crippen molar-refractivity contribution in [2.24, 2.45) is 0 Å². The molecule has 1 aromatic carbocycles. The Morgan fingerprint density at radius 1 is 1.18 bits per heavy atom. The lowest BCUT2D eigenvalue weighted by atomic mass is 9.90. The van der Waals surface area contributed by atoms with Gasteiger partial charge >= 0.3 is 5.76 Å². The molecule has 0 unspecified atom stereocenters. The predicted octanol–water partition coefficient (Wildman–Crippen LogP) is 1.45. The summed E-state index contributed by atoms with van der Waals surface area (Å²) in [5.41, 5.74) is -1.22. The zero-order chi connectivity index (χ0) is 12.7. The van der Waals surface area contributed by atoms with E-state index in [0.29, 0.717) is 5.56 Å². The van der Waals surface area contributed by atoms with Crippen molar-refractivity contribution >= 4 is 9.84 Å². The highest BCUT2D eigenvalue weighted by Crippen LogP contribution is 2.31. The smallest absolute Gasteiger partial charge is 0.310 e. The maximum atomic E-state index is 13.9. The molecular weight excluding hydrogens is 255 g/mol. The summed E-state index contributed by atoms with van der Waals surface area (Å²) in [5.74, 6) is -3.46. The molecule has 0 spiro atoms. The molecule has 1 aliphatic heterocycles. The van der Waals surface area contributed by atoms with E-state index in [-0.39, 0.29) is 13.1 Å². The first-order chi connectivity index (χ1) is 7.86. The fourth-order valence-corrected chi connectivity index (χ4v) is 2.32. The molecule has 1 heterocycles. The minimum absolute atomic E-state index is 0.147. The minimum atomic E-state index is -4.60. The molecule has 1 aromatic rings. The average molecular weight is 265 g/mol. The Labute approximate surface area is 96.6 Å². The number of sulfone groups is 1. The molecule has 7 heteroatoms. The minimum Gasteiger partial charge on any atom is -0.310 e. The molecule has 0 saturated carbocycles. The van der Waals surface area contributed by atoms with Gasteiger partial charge in [-0.1, -0.05) is 12.1 Å². The van der Waals surface area contributed by atoms with E-state index >= 15 is 0 Å². The highest BCUT2D eigenvalue weighted by Gasteiger charge is 2.39. The molecule has 1 aliphatic rings. The average Bonchev–Trinajstić information content (AvgIpc) is 2.26. The quantitative estimate of drug-likeness (QED) is 0.899. The van der Waals surface area contributed by atoms with Gasteiger partial charge in [-0.2, -0.15) is 8.78 Å². The van der Waals surface area contributed by atoms with Gasteiger partial charge in [-0.25, -0.2) is 12.8 Å². The third-order valence-electron chi connectivity index (χ3n) is 2.75. The number of halogens is 3. The standard InChI is InChI=1S/C10H10F3NO2S/c11-9(12)17(15,16)8-3-1-7(2-4-8)10(13)5-14-6-10/h1-4,9,14H,5-6H2. The van der Waals surface area contributed by atoms with Gasteiger partial charge in [0, 0.05) is 13.1 Å². The fourth-order valence-electron chi connectivity index (χ4n) is 1.59. The van der Waals surface area contributed by atoms with Gasteiger partial charge in [0.15, 0.2) is 5.67 Å². The molecule has 0 aliphatic carbocycles. The Balaban J connectivity index is 2.31. The van der Waals surface area contributed by atoms with Crippen molar-refractivity contribution in [1.82, 2.24) is 5.32 Å². The third-order valence-corrected chi connectivity index (χ3v) is 4.14. The first-order valence-corrected chi connectivity index (χ1v) is 6.43. The number of rotatable bonds is 3. The Bertz CT molecular complexity index is 509. The molecule has 0 bridgehead atoms. The maximum Gasteiger partial charge on any atom is 0.341 e. The van der Waals surface area contributed by atoms with Crippen molar-refractivity contribution in [2.45, 2.75) is 16.3 Å². The van der Waals surface area contributed by atoms with Crippen LogP contribution in [0.1, 0.15) is 5.56 Å². The zero-order valence-corrected chi connectivity index (χ0v) is 9.48. The molecule has 3 nitrogen and oxygen atoms in total. The van der Waals surface area contributed by atoms with Crippen LogP contribution < -0.4 is 5.32 Å². The van der Waals surface area contributed by atoms with Crippen molar-refractivity contribution < 1.29 is 21.6 Å². The summed E-state index contributed by atoms with van der Waals surface area (Å²) in [6.07, 6.45) is 0. The Morgan fingerprint density at radius 2 is 1.71 bits per heavy atom. The fraction of sp³-hybridized carbons (Fsp3) is 0.400. The Kier molecular flexibility index (Phi) is 2.90. The molecule has 94 valence electrons. The Hall–Kier alpha value is -1.08. The van der Waals surface area contributed by atoms with Crippen LogP contribution in [0.25, 0.3) is 0 Å². The number of hydrogen-bond donors (Lipinski definition) is 1. The van der Waals surface area contributed by atoms with Gasteiger partial charge < -0.3 is 5.32 Å². The monoisotopic (exact) mass is 265 g/mol. The highest BCUT2D eigenvalue weighted by molar-refractivity contribution is 7.91. The van der Waals surface area contributed by atoms with Crippen molar-refractivity contribution in [1.29, 1.82) is 0 Å². The van der Waals surface area contributed by atoms with Crippen molar-refractivity contribution in [3.8, 4) is 0 Å². The lowest BCUT2D eigenvalue weighted by Crippen LogP contribution is -2.53. The van der Waals surface area contributed by atoms with Crippen LogP contribution in [0.4, 0.5) is 13.2 Å². The second-order valence-corrected chi connectivity index (χ2v) is 5.82.